The number of benzene rings is 1. The number of aromatic nitrogens is 3. The molecule has 0 radical (unpaired) electrons. The van der Waals surface area contributed by atoms with E-state index in [-0.39, 0.29) is 17.9 Å². The minimum Gasteiger partial charge on any atom is -0.345 e. The van der Waals surface area contributed by atoms with Crippen LogP contribution in [-0.2, 0) is 12.7 Å². The predicted molar refractivity (Wildman–Crippen MR) is 111 cm³/mol. The second kappa shape index (κ2) is 8.18. The Kier molecular flexibility index (Phi) is 5.57. The molecule has 164 valence electrons. The van der Waals surface area contributed by atoms with Crippen LogP contribution in [0.15, 0.2) is 42.9 Å². The average Bonchev–Trinajstić information content (AvgIpc) is 3.11. The van der Waals surface area contributed by atoms with Gasteiger partial charge in [0.25, 0.3) is 5.91 Å². The Labute approximate surface area is 177 Å². The summed E-state index contributed by atoms with van der Waals surface area (Å²) < 4.78 is 40.1. The normalized spacial score (nSPS) is 16.0. The zero-order chi connectivity index (χ0) is 22.2. The fraction of sp³-hybridized carbons (Fsp3) is 0.381. The van der Waals surface area contributed by atoms with Gasteiger partial charge in [-0.3, -0.25) is 4.79 Å². The molecular weight excluding hydrogens is 409 g/mol. The lowest BCUT2D eigenvalue weighted by molar-refractivity contribution is -0.138. The highest BCUT2D eigenvalue weighted by molar-refractivity contribution is 6.07. The van der Waals surface area contributed by atoms with E-state index in [9.17, 15) is 18.0 Å². The number of alkyl halides is 3. The number of hydrogen-bond donors (Lipinski definition) is 1. The van der Waals surface area contributed by atoms with Crippen molar-refractivity contribution in [2.24, 2.45) is 5.73 Å². The molecule has 0 unspecified atom stereocenters. The Morgan fingerprint density at radius 2 is 1.77 bits per heavy atom. The monoisotopic (exact) mass is 432 g/mol. The number of para-hydroxylation sites is 1. The molecule has 10 heteroatoms. The van der Waals surface area contributed by atoms with Crippen LogP contribution in [0.2, 0.25) is 0 Å². The lowest BCUT2D eigenvalue weighted by Gasteiger charge is -2.34. The first-order valence-corrected chi connectivity index (χ1v) is 10.0. The minimum absolute atomic E-state index is 0.0500. The van der Waals surface area contributed by atoms with Crippen molar-refractivity contribution in [1.82, 2.24) is 19.4 Å². The number of halogens is 3. The van der Waals surface area contributed by atoms with Crippen molar-refractivity contribution in [3.05, 3.63) is 54.0 Å². The quantitative estimate of drug-likeness (QED) is 0.686. The maximum atomic E-state index is 13.2. The molecule has 0 bridgehead atoms. The number of carbonyl (C=O) groups is 1. The van der Waals surface area contributed by atoms with E-state index in [1.807, 2.05) is 42.0 Å². The van der Waals surface area contributed by atoms with Gasteiger partial charge in [0, 0.05) is 68.3 Å². The maximum Gasteiger partial charge on any atom is 0.419 e. The number of hydrogen-bond acceptors (Lipinski definition) is 5. The van der Waals surface area contributed by atoms with Crippen LogP contribution in [0.1, 0.15) is 22.8 Å². The lowest BCUT2D eigenvalue weighted by atomic mass is 10.1. The predicted octanol–water partition coefficient (Wildman–Crippen LogP) is 2.76. The first kappa shape index (κ1) is 21.1. The number of amides is 1. The van der Waals surface area contributed by atoms with Crippen molar-refractivity contribution in [2.45, 2.75) is 25.7 Å². The smallest absolute Gasteiger partial charge is 0.345 e. The molecular formula is C21H23F3N6O. The highest BCUT2D eigenvalue weighted by Crippen LogP contribution is 2.28. The van der Waals surface area contributed by atoms with Gasteiger partial charge in [0.2, 0.25) is 5.95 Å². The van der Waals surface area contributed by atoms with E-state index >= 15 is 0 Å². The van der Waals surface area contributed by atoms with Gasteiger partial charge in [-0.1, -0.05) is 18.2 Å². The molecule has 1 fully saturated rings. The maximum absolute atomic E-state index is 13.2. The van der Waals surface area contributed by atoms with E-state index in [1.165, 1.54) is 0 Å². The summed E-state index contributed by atoms with van der Waals surface area (Å²) >= 11 is 0. The van der Waals surface area contributed by atoms with Crippen molar-refractivity contribution in [3.8, 4) is 0 Å². The van der Waals surface area contributed by atoms with Crippen LogP contribution in [-0.4, -0.2) is 57.6 Å². The van der Waals surface area contributed by atoms with Gasteiger partial charge >= 0.3 is 6.18 Å². The Bertz CT molecular complexity index is 1070. The van der Waals surface area contributed by atoms with Gasteiger partial charge in [0.1, 0.15) is 0 Å². The highest BCUT2D eigenvalue weighted by Gasteiger charge is 2.32. The summed E-state index contributed by atoms with van der Waals surface area (Å²) in [5.74, 6) is 0.154. The third kappa shape index (κ3) is 4.34. The highest BCUT2D eigenvalue weighted by atomic mass is 19.4. The molecule has 1 saturated heterocycles. The minimum atomic E-state index is -4.47. The van der Waals surface area contributed by atoms with Crippen molar-refractivity contribution in [2.75, 3.05) is 31.1 Å². The van der Waals surface area contributed by atoms with Gasteiger partial charge in [-0.05, 0) is 13.0 Å². The Balaban J connectivity index is 1.47. The standard InChI is InChI=1S/C21H23F3N6O/c1-14(25)12-30-13-17(16-4-2-3-5-18(16)30)19(31)28-6-8-29(9-7-28)20-26-10-15(11-27-20)21(22,23)24/h2-5,10-11,13-14H,6-9,12,25H2,1H3/t14-/m0/s1. The molecule has 4 rings (SSSR count). The fourth-order valence-electron chi connectivity index (χ4n) is 3.79. The molecule has 7 nitrogen and oxygen atoms in total. The van der Waals surface area contributed by atoms with Crippen LogP contribution in [0, 0.1) is 0 Å². The Morgan fingerprint density at radius 3 is 2.39 bits per heavy atom. The van der Waals surface area contributed by atoms with E-state index in [4.69, 9.17) is 5.73 Å². The number of nitrogens with zero attached hydrogens (tertiary/aromatic N) is 5. The summed E-state index contributed by atoms with van der Waals surface area (Å²) in [5.41, 5.74) is 6.65. The van der Waals surface area contributed by atoms with Crippen molar-refractivity contribution in [1.29, 1.82) is 0 Å². The summed E-state index contributed by atoms with van der Waals surface area (Å²) in [7, 11) is 0. The zero-order valence-electron chi connectivity index (χ0n) is 17.0. The van der Waals surface area contributed by atoms with Crippen LogP contribution in [0.3, 0.4) is 0 Å². The van der Waals surface area contributed by atoms with Crippen LogP contribution < -0.4 is 10.6 Å². The lowest BCUT2D eigenvalue weighted by Crippen LogP contribution is -2.49. The molecule has 0 spiro atoms. The van der Waals surface area contributed by atoms with Gasteiger partial charge < -0.3 is 20.1 Å². The number of piperazine rings is 1. The molecule has 3 aromatic rings. The summed E-state index contributed by atoms with van der Waals surface area (Å²) in [6.45, 7) is 4.25. The van der Waals surface area contributed by atoms with Crippen LogP contribution >= 0.6 is 0 Å². The molecule has 3 heterocycles. The van der Waals surface area contributed by atoms with Crippen molar-refractivity contribution >= 4 is 22.8 Å². The number of nitrogens with two attached hydrogens (primary N) is 1. The summed E-state index contributed by atoms with van der Waals surface area (Å²) in [5, 5.41) is 0.877. The second-order valence-corrected chi connectivity index (χ2v) is 7.74. The van der Waals surface area contributed by atoms with Crippen molar-refractivity contribution in [3.63, 3.8) is 0 Å². The molecule has 31 heavy (non-hydrogen) atoms. The average molecular weight is 432 g/mol. The first-order chi connectivity index (χ1) is 14.7. The molecule has 1 amide bonds. The molecule has 1 aliphatic heterocycles. The fourth-order valence-corrected chi connectivity index (χ4v) is 3.79. The van der Waals surface area contributed by atoms with Crippen LogP contribution in [0.25, 0.3) is 10.9 Å². The summed E-state index contributed by atoms with van der Waals surface area (Å²) in [6.07, 6.45) is -1.05. The largest absolute Gasteiger partial charge is 0.419 e. The number of rotatable bonds is 4. The number of carbonyl (C=O) groups excluding carboxylic acids is 1. The molecule has 1 atom stereocenters. The third-order valence-corrected chi connectivity index (χ3v) is 5.32. The Morgan fingerprint density at radius 1 is 1.13 bits per heavy atom. The van der Waals surface area contributed by atoms with Crippen LogP contribution in [0.5, 0.6) is 0 Å². The first-order valence-electron chi connectivity index (χ1n) is 10.0. The second-order valence-electron chi connectivity index (χ2n) is 7.74. The molecule has 2 N–H and O–H groups in total. The van der Waals surface area contributed by atoms with Gasteiger partial charge in [-0.25, -0.2) is 9.97 Å². The summed E-state index contributed by atoms with van der Waals surface area (Å²) in [6, 6.07) is 7.67. The molecule has 0 saturated carbocycles. The van der Waals surface area contributed by atoms with E-state index in [2.05, 4.69) is 9.97 Å². The topological polar surface area (TPSA) is 80.3 Å². The van der Waals surface area contributed by atoms with Gasteiger partial charge in [0.05, 0.1) is 11.1 Å². The van der Waals surface area contributed by atoms with E-state index in [1.54, 1.807) is 9.80 Å². The van der Waals surface area contributed by atoms with Gasteiger partial charge in [0.15, 0.2) is 0 Å². The molecule has 1 aliphatic rings. The van der Waals surface area contributed by atoms with Gasteiger partial charge in [-0.2, -0.15) is 13.2 Å². The third-order valence-electron chi connectivity index (χ3n) is 5.32. The molecule has 1 aromatic carbocycles. The van der Waals surface area contributed by atoms with E-state index < -0.39 is 11.7 Å². The molecule has 2 aromatic heterocycles. The summed E-state index contributed by atoms with van der Waals surface area (Å²) in [4.78, 5) is 24.4. The number of fused-ring (bicyclic) bond motifs is 1. The molecule has 0 aliphatic carbocycles. The van der Waals surface area contributed by atoms with E-state index in [0.717, 1.165) is 23.3 Å². The zero-order valence-corrected chi connectivity index (χ0v) is 17.0. The van der Waals surface area contributed by atoms with E-state index in [0.29, 0.717) is 38.3 Å². The SMILES string of the molecule is C[C@H](N)Cn1cc(C(=O)N2CCN(c3ncc(C(F)(F)F)cn3)CC2)c2ccccc21. The number of anilines is 1. The van der Waals surface area contributed by atoms with Gasteiger partial charge in [-0.15, -0.1) is 0 Å². The van der Waals surface area contributed by atoms with Crippen LogP contribution in [0.4, 0.5) is 19.1 Å². The van der Waals surface area contributed by atoms with Crippen molar-refractivity contribution < 1.29 is 18.0 Å². The Hall–Kier alpha value is -3.14.